The molecular formula is C19H25N5O4S. The number of carbonyl (C=O) groups excluding carboxylic acids is 1. The zero-order chi connectivity index (χ0) is 20.7. The summed E-state index contributed by atoms with van der Waals surface area (Å²) in [7, 11) is -3.45. The van der Waals surface area contributed by atoms with Crippen molar-refractivity contribution in [1.82, 2.24) is 19.6 Å². The molecule has 0 spiro atoms. The zero-order valence-electron chi connectivity index (χ0n) is 16.3. The molecule has 0 saturated carbocycles. The molecule has 1 aromatic carbocycles. The van der Waals surface area contributed by atoms with Crippen LogP contribution in [0.15, 0.2) is 42.7 Å². The summed E-state index contributed by atoms with van der Waals surface area (Å²) in [6, 6.07) is 9.09. The van der Waals surface area contributed by atoms with E-state index in [0.717, 1.165) is 5.56 Å². The molecular weight excluding hydrogens is 394 g/mol. The van der Waals surface area contributed by atoms with Crippen molar-refractivity contribution in [2.45, 2.75) is 6.92 Å². The van der Waals surface area contributed by atoms with Crippen LogP contribution in [-0.4, -0.2) is 73.7 Å². The normalized spacial score (nSPS) is 15.1. The van der Waals surface area contributed by atoms with E-state index in [1.807, 2.05) is 24.0 Å². The van der Waals surface area contributed by atoms with E-state index in [4.69, 9.17) is 4.74 Å². The van der Waals surface area contributed by atoms with Gasteiger partial charge in [0.1, 0.15) is 5.75 Å². The molecule has 10 heteroatoms. The predicted molar refractivity (Wildman–Crippen MR) is 109 cm³/mol. The van der Waals surface area contributed by atoms with E-state index in [-0.39, 0.29) is 24.8 Å². The van der Waals surface area contributed by atoms with E-state index >= 15 is 0 Å². The van der Waals surface area contributed by atoms with E-state index in [1.54, 1.807) is 30.6 Å². The lowest BCUT2D eigenvalue weighted by Gasteiger charge is -2.33. The van der Waals surface area contributed by atoms with Gasteiger partial charge >= 0.3 is 0 Å². The monoisotopic (exact) mass is 419 g/mol. The third-order valence-corrected chi connectivity index (χ3v) is 6.41. The topological polar surface area (TPSA) is 105 Å². The van der Waals surface area contributed by atoms with E-state index < -0.39 is 10.0 Å². The van der Waals surface area contributed by atoms with E-state index in [1.165, 1.54) is 4.31 Å². The Labute approximate surface area is 170 Å². The minimum absolute atomic E-state index is 0.0421. The lowest BCUT2D eigenvalue weighted by Crippen LogP contribution is -2.50. The molecule has 1 aromatic heterocycles. The van der Waals surface area contributed by atoms with Gasteiger partial charge in [-0.05, 0) is 25.1 Å². The Morgan fingerprint density at radius 3 is 2.41 bits per heavy atom. The van der Waals surface area contributed by atoms with Gasteiger partial charge in [-0.15, -0.1) is 0 Å². The van der Waals surface area contributed by atoms with Crippen LogP contribution < -0.4 is 15.0 Å². The number of sulfonamides is 1. The number of benzene rings is 1. The van der Waals surface area contributed by atoms with Crippen LogP contribution in [0.5, 0.6) is 5.75 Å². The first-order valence-corrected chi connectivity index (χ1v) is 11.0. The van der Waals surface area contributed by atoms with Crippen LogP contribution in [0, 0.1) is 6.92 Å². The highest BCUT2D eigenvalue weighted by Crippen LogP contribution is 2.13. The van der Waals surface area contributed by atoms with Crippen LogP contribution >= 0.6 is 0 Å². The van der Waals surface area contributed by atoms with Gasteiger partial charge in [0.15, 0.2) is 6.61 Å². The van der Waals surface area contributed by atoms with Gasteiger partial charge in [-0.3, -0.25) is 4.79 Å². The van der Waals surface area contributed by atoms with Gasteiger partial charge in [-0.1, -0.05) is 17.7 Å². The molecule has 0 bridgehead atoms. The summed E-state index contributed by atoms with van der Waals surface area (Å²) >= 11 is 0. The van der Waals surface area contributed by atoms with Gasteiger partial charge in [0.2, 0.25) is 16.0 Å². The Kier molecular flexibility index (Phi) is 6.99. The molecule has 156 valence electrons. The van der Waals surface area contributed by atoms with E-state index in [0.29, 0.717) is 37.9 Å². The summed E-state index contributed by atoms with van der Waals surface area (Å²) in [5, 5.41) is 2.59. The quantitative estimate of drug-likeness (QED) is 0.662. The minimum Gasteiger partial charge on any atom is -0.484 e. The maximum absolute atomic E-state index is 12.5. The van der Waals surface area contributed by atoms with Crippen LogP contribution in [0.1, 0.15) is 5.56 Å². The van der Waals surface area contributed by atoms with Gasteiger partial charge in [0.25, 0.3) is 5.91 Å². The second-order valence-electron chi connectivity index (χ2n) is 6.70. The molecule has 9 nitrogen and oxygen atoms in total. The van der Waals surface area contributed by atoms with E-state index in [9.17, 15) is 13.2 Å². The van der Waals surface area contributed by atoms with E-state index in [2.05, 4.69) is 15.3 Å². The standard InChI is InChI=1S/C19H25N5O4S/c1-16-3-5-17(6-4-16)28-15-18(25)20-9-14-29(26,27)24-12-10-23(11-13-24)19-21-7-2-8-22-19/h2-8H,9-15H2,1H3,(H,20,25). The molecule has 1 aliphatic rings. The first-order valence-electron chi connectivity index (χ1n) is 9.40. The van der Waals surface area contributed by atoms with Gasteiger partial charge in [0, 0.05) is 45.1 Å². The molecule has 29 heavy (non-hydrogen) atoms. The Morgan fingerprint density at radius 1 is 1.10 bits per heavy atom. The number of aryl methyl sites for hydroxylation is 1. The average Bonchev–Trinajstić information content (AvgIpc) is 2.74. The van der Waals surface area contributed by atoms with Crippen LogP contribution in [0.3, 0.4) is 0 Å². The van der Waals surface area contributed by atoms with Crippen molar-refractivity contribution in [2.75, 3.05) is 50.0 Å². The Hall–Kier alpha value is -2.72. The number of piperazine rings is 1. The number of carbonyl (C=O) groups is 1. The van der Waals surface area contributed by atoms with Crippen LogP contribution in [-0.2, 0) is 14.8 Å². The fourth-order valence-corrected chi connectivity index (χ4v) is 4.24. The van der Waals surface area contributed by atoms with Gasteiger partial charge in [-0.2, -0.15) is 4.31 Å². The van der Waals surface area contributed by atoms with Crippen LogP contribution in [0.4, 0.5) is 5.95 Å². The molecule has 1 amide bonds. The largest absolute Gasteiger partial charge is 0.484 e. The van der Waals surface area contributed by atoms with Crippen molar-refractivity contribution in [3.05, 3.63) is 48.3 Å². The first-order chi connectivity index (χ1) is 13.9. The lowest BCUT2D eigenvalue weighted by atomic mass is 10.2. The molecule has 3 rings (SSSR count). The van der Waals surface area contributed by atoms with Crippen molar-refractivity contribution in [3.63, 3.8) is 0 Å². The smallest absolute Gasteiger partial charge is 0.257 e. The highest BCUT2D eigenvalue weighted by atomic mass is 32.2. The number of ether oxygens (including phenoxy) is 1. The maximum Gasteiger partial charge on any atom is 0.257 e. The molecule has 0 aliphatic carbocycles. The number of hydrogen-bond donors (Lipinski definition) is 1. The second kappa shape index (κ2) is 9.66. The minimum atomic E-state index is -3.45. The fourth-order valence-electron chi connectivity index (χ4n) is 2.90. The predicted octanol–water partition coefficient (Wildman–Crippen LogP) is 0.432. The first kappa shape index (κ1) is 21.0. The van der Waals surface area contributed by atoms with Gasteiger partial charge < -0.3 is 15.0 Å². The summed E-state index contributed by atoms with van der Waals surface area (Å²) in [5.74, 6) is 0.696. The maximum atomic E-state index is 12.5. The summed E-state index contributed by atoms with van der Waals surface area (Å²) in [6.45, 7) is 3.64. The molecule has 1 fully saturated rings. The summed E-state index contributed by atoms with van der Waals surface area (Å²) in [6.07, 6.45) is 3.33. The summed E-state index contributed by atoms with van der Waals surface area (Å²) in [4.78, 5) is 22.2. The molecule has 2 heterocycles. The van der Waals surface area contributed by atoms with Gasteiger partial charge in [-0.25, -0.2) is 18.4 Å². The Bertz CT molecular complexity index is 898. The Balaban J connectivity index is 1.38. The van der Waals surface area contributed by atoms with Crippen molar-refractivity contribution in [1.29, 1.82) is 0 Å². The molecule has 0 radical (unpaired) electrons. The molecule has 0 unspecified atom stereocenters. The number of rotatable bonds is 8. The number of hydrogen-bond acceptors (Lipinski definition) is 7. The van der Waals surface area contributed by atoms with Crippen molar-refractivity contribution in [2.24, 2.45) is 0 Å². The van der Waals surface area contributed by atoms with Crippen LogP contribution in [0.2, 0.25) is 0 Å². The fraction of sp³-hybridized carbons (Fsp3) is 0.421. The SMILES string of the molecule is Cc1ccc(OCC(=O)NCCS(=O)(=O)N2CCN(c3ncccn3)CC2)cc1. The molecule has 1 saturated heterocycles. The van der Waals surface area contributed by atoms with Gasteiger partial charge in [0.05, 0.1) is 5.75 Å². The molecule has 0 atom stereocenters. The Morgan fingerprint density at radius 2 is 1.76 bits per heavy atom. The number of anilines is 1. The average molecular weight is 420 g/mol. The number of nitrogens with zero attached hydrogens (tertiary/aromatic N) is 4. The number of aromatic nitrogens is 2. The third kappa shape index (κ3) is 6.13. The third-order valence-electron chi connectivity index (χ3n) is 4.54. The number of amides is 1. The zero-order valence-corrected chi connectivity index (χ0v) is 17.1. The lowest BCUT2D eigenvalue weighted by molar-refractivity contribution is -0.122. The molecule has 2 aromatic rings. The van der Waals surface area contributed by atoms with Crippen molar-refractivity contribution in [3.8, 4) is 5.75 Å². The second-order valence-corrected chi connectivity index (χ2v) is 8.79. The summed E-state index contributed by atoms with van der Waals surface area (Å²) < 4.78 is 31.9. The highest BCUT2D eigenvalue weighted by Gasteiger charge is 2.27. The van der Waals surface area contributed by atoms with Crippen molar-refractivity contribution < 1.29 is 17.9 Å². The molecule has 1 aliphatic heterocycles. The summed E-state index contributed by atoms with van der Waals surface area (Å²) in [5.41, 5.74) is 1.10. The highest BCUT2D eigenvalue weighted by molar-refractivity contribution is 7.89. The van der Waals surface area contributed by atoms with Crippen molar-refractivity contribution >= 4 is 21.9 Å². The molecule has 1 N–H and O–H groups in total. The van der Waals surface area contributed by atoms with Crippen LogP contribution in [0.25, 0.3) is 0 Å². The number of nitrogens with one attached hydrogen (secondary N) is 1.